The largest absolute Gasteiger partial charge is 0.875 e. The van der Waals surface area contributed by atoms with Crippen LogP contribution in [0.4, 0.5) is 0 Å². The minimum absolute atomic E-state index is 0.0179. The molecule has 3 aromatic carbocycles. The van der Waals surface area contributed by atoms with Crippen LogP contribution in [-0.4, -0.2) is 46.1 Å². The summed E-state index contributed by atoms with van der Waals surface area (Å²) in [7, 11) is 0. The number of nitrogens with two attached hydrogens (primary N) is 1. The second kappa shape index (κ2) is 18.3. The molecule has 0 amide bonds. The van der Waals surface area contributed by atoms with Gasteiger partial charge in [0.1, 0.15) is 5.75 Å². The second-order valence-corrected chi connectivity index (χ2v) is 14.4. The van der Waals surface area contributed by atoms with Crippen molar-refractivity contribution in [3.8, 4) is 29.1 Å². The number of fused-ring (bicyclic) bond motifs is 3. The lowest BCUT2D eigenvalue weighted by atomic mass is 9.80. The molecule has 282 valence electrons. The molecule has 6 rings (SSSR count). The van der Waals surface area contributed by atoms with Gasteiger partial charge in [-0.2, -0.15) is 0 Å². The highest BCUT2D eigenvalue weighted by Crippen LogP contribution is 2.40. The zero-order chi connectivity index (χ0) is 38.0. The molecule has 0 unspecified atom stereocenters. The highest BCUT2D eigenvalue weighted by molar-refractivity contribution is 6.06. The molecular weight excluding hydrogens is 679 g/mol. The van der Waals surface area contributed by atoms with Crippen LogP contribution in [0.2, 0.25) is 0 Å². The molecule has 6 N–H and O–H groups in total. The summed E-state index contributed by atoms with van der Waals surface area (Å²) >= 11 is 0. The van der Waals surface area contributed by atoms with Crippen molar-refractivity contribution in [1.82, 2.24) is 5.32 Å². The molecule has 0 spiro atoms. The summed E-state index contributed by atoms with van der Waals surface area (Å²) in [6.45, 7) is 2.80. The molecule has 9 heteroatoms. The zero-order valence-corrected chi connectivity index (χ0v) is 30.9. The Labute approximate surface area is 318 Å². The monoisotopic (exact) mass is 728 g/mol. The Hall–Kier alpha value is -5.14. The fraction of sp³-hybridized carbons (Fsp3) is 0.378. The van der Waals surface area contributed by atoms with Crippen molar-refractivity contribution in [2.24, 2.45) is 10.7 Å². The number of ketones is 1. The van der Waals surface area contributed by atoms with E-state index >= 15 is 0 Å². The number of carbonyl (C=O) groups excluding carboxylic acids is 1. The molecule has 0 aromatic heterocycles. The second-order valence-electron chi connectivity index (χ2n) is 14.4. The van der Waals surface area contributed by atoms with Gasteiger partial charge in [-0.05, 0) is 115 Å². The number of unbranched alkanes of at least 4 members (excludes halogenated alkanes) is 3. The summed E-state index contributed by atoms with van der Waals surface area (Å²) in [5, 5.41) is 48.3. The van der Waals surface area contributed by atoms with E-state index in [1.807, 2.05) is 24.3 Å². The first-order valence-corrected chi connectivity index (χ1v) is 19.1. The number of aryl methyl sites for hydroxylation is 1. The Morgan fingerprint density at radius 3 is 2.70 bits per heavy atom. The van der Waals surface area contributed by atoms with E-state index in [4.69, 9.17) is 10.5 Å². The van der Waals surface area contributed by atoms with Crippen molar-refractivity contribution in [3.63, 3.8) is 0 Å². The number of hydrogen-bond donors (Lipinski definition) is 5. The predicted molar refractivity (Wildman–Crippen MR) is 209 cm³/mol. The van der Waals surface area contributed by atoms with Crippen molar-refractivity contribution >= 4 is 11.5 Å². The number of allylic oxidation sites excluding steroid dienone is 5. The van der Waals surface area contributed by atoms with Crippen LogP contribution in [0.5, 0.6) is 17.2 Å². The van der Waals surface area contributed by atoms with Gasteiger partial charge in [0.15, 0.2) is 17.3 Å². The third kappa shape index (κ3) is 9.88. The third-order valence-electron chi connectivity index (χ3n) is 10.3. The van der Waals surface area contributed by atoms with Crippen molar-refractivity contribution in [2.75, 3.05) is 13.2 Å². The number of hydrogen-bond acceptors (Lipinski definition) is 9. The van der Waals surface area contributed by atoms with E-state index in [0.717, 1.165) is 78.5 Å². The molecule has 0 saturated heterocycles. The van der Waals surface area contributed by atoms with Crippen LogP contribution in [0.25, 0.3) is 0 Å². The number of phenols is 2. The minimum atomic E-state index is -0.473. The van der Waals surface area contributed by atoms with Gasteiger partial charge in [-0.3, -0.25) is 15.1 Å². The number of benzene rings is 3. The van der Waals surface area contributed by atoms with E-state index < -0.39 is 5.92 Å². The Bertz CT molecular complexity index is 2030. The van der Waals surface area contributed by atoms with E-state index in [1.54, 1.807) is 49.5 Å². The maximum atomic E-state index is 13.8. The number of aliphatic hydroxyl groups is 1. The van der Waals surface area contributed by atoms with E-state index in [2.05, 4.69) is 28.2 Å². The van der Waals surface area contributed by atoms with Crippen LogP contribution < -0.4 is 20.9 Å². The smallest absolute Gasteiger partial charge is 0.161 e. The first kappa shape index (κ1) is 38.6. The van der Waals surface area contributed by atoms with Gasteiger partial charge in [-0.1, -0.05) is 55.0 Å². The van der Waals surface area contributed by atoms with Crippen LogP contribution in [0.3, 0.4) is 0 Å². The molecule has 2 aliphatic heterocycles. The van der Waals surface area contributed by atoms with Crippen molar-refractivity contribution in [3.05, 3.63) is 123 Å². The summed E-state index contributed by atoms with van der Waals surface area (Å²) in [4.78, 5) is 16.9. The average molecular weight is 729 g/mol. The number of nitrogens with one attached hydrogen (secondary N) is 1. The molecule has 3 atom stereocenters. The number of phenolic OH excluding ortho intramolecular Hbond substituents is 2. The maximum absolute atomic E-state index is 13.8. The predicted octanol–water partition coefficient (Wildman–Crippen LogP) is 6.07. The van der Waals surface area contributed by atoms with Gasteiger partial charge in [-0.15, -0.1) is 5.76 Å². The Morgan fingerprint density at radius 1 is 1.06 bits per heavy atom. The molecule has 1 aliphatic carbocycles. The third-order valence-corrected chi connectivity index (χ3v) is 10.3. The highest BCUT2D eigenvalue weighted by atomic mass is 16.5. The Kier molecular flexibility index (Phi) is 13.0. The topological polar surface area (TPSA) is 160 Å². The molecule has 9 nitrogen and oxygen atoms in total. The molecule has 0 radical (unpaired) electrons. The fourth-order valence-electron chi connectivity index (χ4n) is 7.31. The molecule has 2 heterocycles. The molecule has 0 bridgehead atoms. The standard InChI is InChI=1S/C45H51N3O6/c1-29(49)8-5-3-2-4-6-10-34(50)15-12-30-14-17-42(52)44(25-30)54-23-20-31-13-16-41(51)39(24-31)38-28-43(53)35-19-22-47-40(35)11-7-9-32-27-37-33(26-36(32)38)18-21-48-45(37)46/h6,10,13-14,16-17,19,22,24-27,29,38,45,48-49,51-53H,2-5,8,11-12,15,18,20-21,23,28,46H2,1H3/p-1/b10-6+,43-35?/t29-,38+,45-/m0/s1. The van der Waals surface area contributed by atoms with Gasteiger partial charge in [0.25, 0.3) is 0 Å². The summed E-state index contributed by atoms with van der Waals surface area (Å²) in [5.41, 5.74) is 13.8. The number of nitrogens with zero attached hydrogens (tertiary/aromatic N) is 1. The van der Waals surface area contributed by atoms with Gasteiger partial charge in [0, 0.05) is 42.6 Å². The van der Waals surface area contributed by atoms with E-state index in [-0.39, 0.29) is 48.3 Å². The quantitative estimate of drug-likeness (QED) is 0.0716. The summed E-state index contributed by atoms with van der Waals surface area (Å²) < 4.78 is 6.05. The first-order valence-electron chi connectivity index (χ1n) is 19.1. The van der Waals surface area contributed by atoms with Gasteiger partial charge >= 0.3 is 0 Å². The van der Waals surface area contributed by atoms with Gasteiger partial charge in [0.2, 0.25) is 0 Å². The van der Waals surface area contributed by atoms with E-state index in [1.165, 1.54) is 0 Å². The van der Waals surface area contributed by atoms with Crippen LogP contribution in [0, 0.1) is 11.8 Å². The zero-order valence-electron chi connectivity index (χ0n) is 30.9. The Balaban J connectivity index is 1.14. The van der Waals surface area contributed by atoms with E-state index in [0.29, 0.717) is 48.3 Å². The lowest BCUT2D eigenvalue weighted by molar-refractivity contribution is -0.307. The summed E-state index contributed by atoms with van der Waals surface area (Å²) in [6, 6.07) is 14.7. The first-order chi connectivity index (χ1) is 26.2. The number of carbonyl (C=O) groups is 1. The molecule has 3 aromatic rings. The highest BCUT2D eigenvalue weighted by Gasteiger charge is 2.26. The fourth-order valence-corrected chi connectivity index (χ4v) is 7.31. The lowest BCUT2D eigenvalue weighted by Crippen LogP contribution is -2.35. The van der Waals surface area contributed by atoms with Gasteiger partial charge < -0.3 is 30.9 Å². The van der Waals surface area contributed by atoms with Gasteiger partial charge in [-0.25, -0.2) is 0 Å². The number of ether oxygens (including phenoxy) is 1. The summed E-state index contributed by atoms with van der Waals surface area (Å²) in [6.07, 6.45) is 13.7. The van der Waals surface area contributed by atoms with Crippen LogP contribution in [0.15, 0.2) is 89.3 Å². The minimum Gasteiger partial charge on any atom is -0.875 e. The number of aliphatic hydroxyl groups excluding tert-OH is 1. The maximum Gasteiger partial charge on any atom is 0.161 e. The van der Waals surface area contributed by atoms with Crippen molar-refractivity contribution in [2.45, 2.75) is 95.7 Å². The van der Waals surface area contributed by atoms with Crippen molar-refractivity contribution in [1.29, 1.82) is 0 Å². The number of aliphatic imine (C=N–C) groups is 1. The molecule has 0 saturated carbocycles. The van der Waals surface area contributed by atoms with Crippen molar-refractivity contribution < 1.29 is 30.0 Å². The Morgan fingerprint density at radius 2 is 1.87 bits per heavy atom. The number of aromatic hydroxyl groups is 2. The van der Waals surface area contributed by atoms with Crippen LogP contribution in [0.1, 0.15) is 109 Å². The number of rotatable bonds is 15. The summed E-state index contributed by atoms with van der Waals surface area (Å²) in [5.74, 6) is 6.54. The lowest BCUT2D eigenvalue weighted by Gasteiger charge is -2.30. The van der Waals surface area contributed by atoms with Crippen LogP contribution >= 0.6 is 0 Å². The average Bonchev–Trinajstić information content (AvgIpc) is 3.63. The normalized spacial score (nSPS) is 18.3. The SMILES string of the molecule is C[C@H](O)CCCCC/C=C/C(=O)CCc1ccc(O)c(OCCc2ccc(O)c([C@@H]3CC([O-])=C4C=CN=C4CC#Cc4cc5c(cc43)CCN[C@@H]5N)c2)c1. The van der Waals surface area contributed by atoms with Crippen LogP contribution in [-0.2, 0) is 24.1 Å². The molecule has 0 fully saturated rings. The molecular formula is C45H50N3O6-. The molecule has 54 heavy (non-hydrogen) atoms. The van der Waals surface area contributed by atoms with Gasteiger partial charge in [0.05, 0.1) is 31.0 Å². The molecule has 3 aliphatic rings. The van der Waals surface area contributed by atoms with E-state index in [9.17, 15) is 25.2 Å².